The number of piperidine rings is 1. The topological polar surface area (TPSA) is 91.8 Å². The molecule has 4 rings (SSSR count). The molecular weight excluding hydrogens is 430 g/mol. The number of halogens is 1. The second-order valence-corrected chi connectivity index (χ2v) is 9.73. The maximum Gasteiger partial charge on any atom is 0.506 e. The maximum atomic E-state index is 12.9. The van der Waals surface area contributed by atoms with Crippen molar-refractivity contribution in [1.29, 1.82) is 0 Å². The van der Waals surface area contributed by atoms with E-state index < -0.39 is 6.16 Å². The van der Waals surface area contributed by atoms with Gasteiger partial charge in [0.05, 0.1) is 16.2 Å². The molecule has 2 aromatic rings. The van der Waals surface area contributed by atoms with E-state index in [1.54, 1.807) is 6.07 Å². The molecule has 1 aliphatic heterocycles. The molecule has 7 nitrogen and oxygen atoms in total. The van der Waals surface area contributed by atoms with Crippen molar-refractivity contribution in [2.75, 3.05) is 23.3 Å². The molecule has 1 aromatic heterocycles. The van der Waals surface area contributed by atoms with Crippen LogP contribution in [0.5, 0.6) is 0 Å². The van der Waals surface area contributed by atoms with Crippen LogP contribution in [-0.2, 0) is 9.53 Å². The normalized spacial score (nSPS) is 19.0. The van der Waals surface area contributed by atoms with Crippen LogP contribution >= 0.6 is 11.6 Å². The number of pyridine rings is 1. The summed E-state index contributed by atoms with van der Waals surface area (Å²) in [7, 11) is 0. The number of benzene rings is 1. The molecular formula is C24H30ClN3O4. The molecule has 1 saturated heterocycles. The van der Waals surface area contributed by atoms with Gasteiger partial charge >= 0.3 is 6.16 Å². The summed E-state index contributed by atoms with van der Waals surface area (Å²) in [5, 5.41) is 13.2. The monoisotopic (exact) mass is 459 g/mol. The number of anilines is 2. The number of nitrogens with zero attached hydrogens (tertiary/aromatic N) is 2. The highest BCUT2D eigenvalue weighted by atomic mass is 35.5. The number of aromatic nitrogens is 1. The molecule has 2 aliphatic rings. The van der Waals surface area contributed by atoms with Crippen LogP contribution in [0.4, 0.5) is 16.3 Å². The molecule has 1 amide bonds. The lowest BCUT2D eigenvalue weighted by molar-refractivity contribution is -0.118. The average Bonchev–Trinajstić information content (AvgIpc) is 2.76. The van der Waals surface area contributed by atoms with E-state index in [0.29, 0.717) is 43.1 Å². The van der Waals surface area contributed by atoms with Gasteiger partial charge in [-0.25, -0.2) is 9.78 Å². The van der Waals surface area contributed by atoms with Crippen LogP contribution in [0.2, 0.25) is 5.02 Å². The Bertz CT molecular complexity index is 998. The zero-order chi connectivity index (χ0) is 22.7. The van der Waals surface area contributed by atoms with E-state index in [2.05, 4.69) is 17.1 Å². The molecule has 1 aromatic carbocycles. The van der Waals surface area contributed by atoms with Gasteiger partial charge in [0, 0.05) is 37.7 Å². The van der Waals surface area contributed by atoms with Gasteiger partial charge in [0.15, 0.2) is 0 Å². The van der Waals surface area contributed by atoms with Crippen molar-refractivity contribution in [1.82, 2.24) is 4.98 Å². The number of carbonyl (C=O) groups excluding carboxylic acids is 1. The third-order valence-corrected chi connectivity index (χ3v) is 7.07. The van der Waals surface area contributed by atoms with E-state index in [9.17, 15) is 9.59 Å². The first-order valence-corrected chi connectivity index (χ1v) is 11.7. The van der Waals surface area contributed by atoms with E-state index in [1.807, 2.05) is 18.2 Å². The van der Waals surface area contributed by atoms with Crippen LogP contribution in [0.3, 0.4) is 0 Å². The summed E-state index contributed by atoms with van der Waals surface area (Å²) >= 11 is 6.46. The Morgan fingerprint density at radius 2 is 1.91 bits per heavy atom. The van der Waals surface area contributed by atoms with Crippen molar-refractivity contribution in [3.05, 3.63) is 29.3 Å². The largest absolute Gasteiger partial charge is 0.506 e. The van der Waals surface area contributed by atoms with Gasteiger partial charge in [0.1, 0.15) is 11.9 Å². The van der Waals surface area contributed by atoms with Crippen molar-refractivity contribution in [3.8, 4) is 0 Å². The Morgan fingerprint density at radius 3 is 2.59 bits per heavy atom. The van der Waals surface area contributed by atoms with Crippen LogP contribution in [0.25, 0.3) is 10.9 Å². The predicted molar refractivity (Wildman–Crippen MR) is 126 cm³/mol. The fourth-order valence-corrected chi connectivity index (χ4v) is 5.18. The molecule has 2 heterocycles. The molecule has 0 atom stereocenters. The molecule has 2 N–H and O–H groups in total. The fourth-order valence-electron chi connectivity index (χ4n) is 4.97. The summed E-state index contributed by atoms with van der Waals surface area (Å²) in [4.78, 5) is 30.5. The van der Waals surface area contributed by atoms with Crippen molar-refractivity contribution in [3.63, 3.8) is 0 Å². The molecule has 0 radical (unpaired) electrons. The predicted octanol–water partition coefficient (Wildman–Crippen LogP) is 5.85. The highest BCUT2D eigenvalue weighted by Crippen LogP contribution is 2.39. The maximum absolute atomic E-state index is 12.9. The van der Waals surface area contributed by atoms with Gasteiger partial charge in [-0.05, 0) is 42.5 Å². The second-order valence-electron chi connectivity index (χ2n) is 9.32. The van der Waals surface area contributed by atoms with Gasteiger partial charge < -0.3 is 20.1 Å². The number of carboxylic acid groups (broad SMARTS) is 1. The van der Waals surface area contributed by atoms with E-state index in [4.69, 9.17) is 26.4 Å². The van der Waals surface area contributed by atoms with Crippen molar-refractivity contribution < 1.29 is 19.4 Å². The Morgan fingerprint density at radius 1 is 1.19 bits per heavy atom. The van der Waals surface area contributed by atoms with E-state index in [0.717, 1.165) is 29.6 Å². The third-order valence-electron chi connectivity index (χ3n) is 6.75. The van der Waals surface area contributed by atoms with E-state index in [-0.39, 0.29) is 17.4 Å². The Kier molecular flexibility index (Phi) is 6.74. The summed E-state index contributed by atoms with van der Waals surface area (Å²) in [5.74, 6) is 0.814. The minimum absolute atomic E-state index is 0.00613. The van der Waals surface area contributed by atoms with Crippen molar-refractivity contribution in [2.45, 2.75) is 64.4 Å². The van der Waals surface area contributed by atoms with Gasteiger partial charge in [-0.3, -0.25) is 4.79 Å². The number of nitrogens with one attached hydrogen (secondary N) is 1. The van der Waals surface area contributed by atoms with Crippen molar-refractivity contribution >= 4 is 46.1 Å². The lowest BCUT2D eigenvalue weighted by Gasteiger charge is -2.33. The van der Waals surface area contributed by atoms with Crippen LogP contribution < -0.4 is 10.2 Å². The van der Waals surface area contributed by atoms with E-state index >= 15 is 0 Å². The Balaban J connectivity index is 1.48. The number of carbonyl (C=O) groups is 2. The summed E-state index contributed by atoms with van der Waals surface area (Å²) in [5.41, 5.74) is 1.43. The Hall–Kier alpha value is -2.54. The summed E-state index contributed by atoms with van der Waals surface area (Å²) in [6.07, 6.45) is 6.07. The fraction of sp³-hybridized carbons (Fsp3) is 0.542. The SMILES string of the molecule is CC1(CC(=O)Nc2c(Cl)ccc3nc(N4CCC(OC(=O)O)CC4)ccc23)CCCCC1. The molecule has 1 aliphatic carbocycles. The highest BCUT2D eigenvalue weighted by Gasteiger charge is 2.30. The number of ether oxygens (including phenoxy) is 1. The van der Waals surface area contributed by atoms with Gasteiger partial charge in [0.2, 0.25) is 5.91 Å². The summed E-state index contributed by atoms with van der Waals surface area (Å²) in [6.45, 7) is 3.55. The second kappa shape index (κ2) is 9.53. The first-order valence-electron chi connectivity index (χ1n) is 11.4. The van der Waals surface area contributed by atoms with Gasteiger partial charge in [-0.1, -0.05) is 37.8 Å². The minimum Gasteiger partial charge on any atom is -0.450 e. The molecule has 8 heteroatoms. The number of amides is 1. The van der Waals surface area contributed by atoms with Gasteiger partial charge in [-0.2, -0.15) is 0 Å². The third kappa shape index (κ3) is 5.26. The first-order chi connectivity index (χ1) is 15.3. The van der Waals surface area contributed by atoms with Crippen LogP contribution in [-0.4, -0.2) is 41.3 Å². The van der Waals surface area contributed by atoms with Crippen LogP contribution in [0.1, 0.15) is 58.3 Å². The average molecular weight is 460 g/mol. The lowest BCUT2D eigenvalue weighted by Crippen LogP contribution is -2.38. The molecule has 32 heavy (non-hydrogen) atoms. The zero-order valence-electron chi connectivity index (χ0n) is 18.4. The first kappa shape index (κ1) is 22.6. The van der Waals surface area contributed by atoms with E-state index in [1.165, 1.54) is 19.3 Å². The highest BCUT2D eigenvalue weighted by molar-refractivity contribution is 6.35. The zero-order valence-corrected chi connectivity index (χ0v) is 19.2. The Labute approximate surface area is 193 Å². The number of rotatable bonds is 5. The molecule has 172 valence electrons. The van der Waals surface area contributed by atoms with Crippen LogP contribution in [0, 0.1) is 5.41 Å². The quantitative estimate of drug-likeness (QED) is 0.545. The van der Waals surface area contributed by atoms with Crippen LogP contribution in [0.15, 0.2) is 24.3 Å². The van der Waals surface area contributed by atoms with Gasteiger partial charge in [-0.15, -0.1) is 0 Å². The lowest BCUT2D eigenvalue weighted by atomic mass is 9.73. The molecule has 0 bridgehead atoms. The standard InChI is InChI=1S/C24H30ClN3O4/c1-24(11-3-2-4-12-24)15-21(29)27-22-17-5-8-20(26-19(17)7-6-18(22)25)28-13-9-16(10-14-28)32-23(30)31/h5-8,16H,2-4,9-15H2,1H3,(H,27,29)(H,30,31). The smallest absolute Gasteiger partial charge is 0.450 e. The number of fused-ring (bicyclic) bond motifs is 1. The molecule has 0 unspecified atom stereocenters. The van der Waals surface area contributed by atoms with Gasteiger partial charge in [0.25, 0.3) is 0 Å². The molecule has 1 saturated carbocycles. The van der Waals surface area contributed by atoms with Crippen molar-refractivity contribution in [2.24, 2.45) is 5.41 Å². The number of hydrogen-bond acceptors (Lipinski definition) is 5. The molecule has 0 spiro atoms. The summed E-state index contributed by atoms with van der Waals surface area (Å²) < 4.78 is 4.89. The molecule has 2 fully saturated rings. The number of hydrogen-bond donors (Lipinski definition) is 2. The minimum atomic E-state index is -1.23. The summed E-state index contributed by atoms with van der Waals surface area (Å²) in [6, 6.07) is 7.50.